The summed E-state index contributed by atoms with van der Waals surface area (Å²) in [6.07, 6.45) is 1.18. The molecule has 4 rings (SSSR count). The lowest BCUT2D eigenvalue weighted by Crippen LogP contribution is -2.31. The highest BCUT2D eigenvalue weighted by atomic mass is 16.3. The summed E-state index contributed by atoms with van der Waals surface area (Å²) >= 11 is 0. The highest BCUT2D eigenvalue weighted by molar-refractivity contribution is 5.91. The van der Waals surface area contributed by atoms with Gasteiger partial charge in [-0.15, -0.1) is 0 Å². The lowest BCUT2D eigenvalue weighted by atomic mass is 10.1. The maximum absolute atomic E-state index is 12.4. The number of aromatic hydroxyl groups is 2. The average Bonchev–Trinajstić information content (AvgIpc) is 2.69. The minimum atomic E-state index is -0.749. The van der Waals surface area contributed by atoms with Crippen LogP contribution in [0.15, 0.2) is 81.3 Å². The Bertz CT molecular complexity index is 1310. The van der Waals surface area contributed by atoms with Crippen LogP contribution in [-0.4, -0.2) is 26.0 Å². The molecule has 0 atom stereocenters. The average molecular weight is 373 g/mol. The molecule has 28 heavy (non-hydrogen) atoms. The van der Waals surface area contributed by atoms with Crippen LogP contribution in [0.2, 0.25) is 0 Å². The van der Waals surface area contributed by atoms with Crippen molar-refractivity contribution in [1.29, 1.82) is 0 Å². The van der Waals surface area contributed by atoms with Crippen LogP contribution in [0.1, 0.15) is 5.56 Å². The van der Waals surface area contributed by atoms with Crippen molar-refractivity contribution in [2.75, 3.05) is 0 Å². The molecule has 3 N–H and O–H groups in total. The number of nitrogens with one attached hydrogen (secondary N) is 1. The standard InChI is InChI=1S/C21H15N3O4/c25-15-10-8-14(9-11-15)22-12-17-19(26)23-21(28)24(20(17)27)18-7-3-5-13-4-1-2-6-16(13)18/h1-12,25,27H,(H,23,26,28). The second-order valence-corrected chi connectivity index (χ2v) is 6.10. The molecule has 0 aliphatic rings. The van der Waals surface area contributed by atoms with Crippen molar-refractivity contribution >= 4 is 22.7 Å². The van der Waals surface area contributed by atoms with Crippen LogP contribution < -0.4 is 11.2 Å². The minimum Gasteiger partial charge on any atom is -0.508 e. The Morgan fingerprint density at radius 1 is 0.893 bits per heavy atom. The number of hydrogen-bond donors (Lipinski definition) is 3. The van der Waals surface area contributed by atoms with Gasteiger partial charge in [0, 0.05) is 11.6 Å². The minimum absolute atomic E-state index is 0.0872. The maximum Gasteiger partial charge on any atom is 0.335 e. The Morgan fingerprint density at radius 2 is 1.61 bits per heavy atom. The number of nitrogens with zero attached hydrogens (tertiary/aromatic N) is 2. The number of phenols is 1. The highest BCUT2D eigenvalue weighted by Crippen LogP contribution is 2.24. The first kappa shape index (κ1) is 17.3. The molecule has 1 heterocycles. The number of aliphatic imine (C=N–C) groups is 1. The van der Waals surface area contributed by atoms with Crippen molar-refractivity contribution in [3.05, 3.63) is 93.1 Å². The first-order chi connectivity index (χ1) is 13.5. The van der Waals surface area contributed by atoms with Gasteiger partial charge in [0.25, 0.3) is 5.56 Å². The molecule has 0 bridgehead atoms. The van der Waals surface area contributed by atoms with E-state index in [2.05, 4.69) is 9.98 Å². The summed E-state index contributed by atoms with van der Waals surface area (Å²) < 4.78 is 1.04. The smallest absolute Gasteiger partial charge is 0.335 e. The van der Waals surface area contributed by atoms with Gasteiger partial charge >= 0.3 is 5.69 Å². The van der Waals surface area contributed by atoms with Gasteiger partial charge < -0.3 is 10.2 Å². The summed E-state index contributed by atoms with van der Waals surface area (Å²) in [7, 11) is 0. The molecule has 3 aromatic carbocycles. The van der Waals surface area contributed by atoms with Gasteiger partial charge in [-0.2, -0.15) is 0 Å². The number of phenolic OH excluding ortho intramolecular Hbond substituents is 1. The summed E-state index contributed by atoms with van der Waals surface area (Å²) in [5.41, 5.74) is -0.738. The van der Waals surface area contributed by atoms with E-state index in [1.54, 1.807) is 24.3 Å². The monoisotopic (exact) mass is 373 g/mol. The number of aromatic amines is 1. The molecule has 7 heteroatoms. The molecule has 0 fully saturated rings. The molecule has 0 aliphatic carbocycles. The Morgan fingerprint density at radius 3 is 2.39 bits per heavy atom. The summed E-state index contributed by atoms with van der Waals surface area (Å²) in [4.78, 5) is 31.0. The Balaban J connectivity index is 1.90. The molecule has 0 saturated carbocycles. The number of fused-ring (bicyclic) bond motifs is 1. The zero-order valence-electron chi connectivity index (χ0n) is 14.5. The zero-order chi connectivity index (χ0) is 19.7. The van der Waals surface area contributed by atoms with E-state index in [1.165, 1.54) is 18.3 Å². The molecule has 138 valence electrons. The van der Waals surface area contributed by atoms with Crippen LogP contribution >= 0.6 is 0 Å². The Kier molecular flexibility index (Phi) is 4.25. The first-order valence-corrected chi connectivity index (χ1v) is 8.44. The van der Waals surface area contributed by atoms with E-state index in [0.717, 1.165) is 15.3 Å². The summed E-state index contributed by atoms with van der Waals surface area (Å²) in [5, 5.41) is 21.7. The lowest BCUT2D eigenvalue weighted by molar-refractivity contribution is 0.430. The van der Waals surface area contributed by atoms with E-state index in [9.17, 15) is 19.8 Å². The van der Waals surface area contributed by atoms with Gasteiger partial charge in [-0.3, -0.25) is 14.8 Å². The molecule has 0 saturated heterocycles. The molecule has 7 nitrogen and oxygen atoms in total. The van der Waals surface area contributed by atoms with Crippen LogP contribution in [0.25, 0.3) is 16.5 Å². The molecule has 4 aromatic rings. The molecule has 1 aromatic heterocycles. The van der Waals surface area contributed by atoms with Crippen LogP contribution in [0.4, 0.5) is 5.69 Å². The summed E-state index contributed by atoms with van der Waals surface area (Å²) in [6.45, 7) is 0. The largest absolute Gasteiger partial charge is 0.508 e. The van der Waals surface area contributed by atoms with E-state index < -0.39 is 17.1 Å². The van der Waals surface area contributed by atoms with Gasteiger partial charge in [-0.05, 0) is 35.7 Å². The van der Waals surface area contributed by atoms with Crippen molar-refractivity contribution in [3.8, 4) is 17.3 Å². The van der Waals surface area contributed by atoms with Gasteiger partial charge in [0.2, 0.25) is 5.88 Å². The Hall–Kier alpha value is -4.13. The fourth-order valence-corrected chi connectivity index (χ4v) is 2.96. The highest BCUT2D eigenvalue weighted by Gasteiger charge is 2.15. The quantitative estimate of drug-likeness (QED) is 0.480. The van der Waals surface area contributed by atoms with Gasteiger partial charge in [0.1, 0.15) is 11.3 Å². The molecular formula is C21H15N3O4. The van der Waals surface area contributed by atoms with Gasteiger partial charge in [0.05, 0.1) is 11.4 Å². The third-order valence-corrected chi connectivity index (χ3v) is 4.32. The van der Waals surface area contributed by atoms with E-state index in [-0.39, 0.29) is 11.3 Å². The summed E-state index contributed by atoms with van der Waals surface area (Å²) in [6, 6.07) is 18.8. The van der Waals surface area contributed by atoms with E-state index >= 15 is 0 Å². The number of rotatable bonds is 3. The summed E-state index contributed by atoms with van der Waals surface area (Å²) in [5.74, 6) is -0.420. The van der Waals surface area contributed by atoms with E-state index in [0.29, 0.717) is 11.4 Å². The third-order valence-electron chi connectivity index (χ3n) is 4.32. The number of H-pyrrole nitrogens is 1. The predicted molar refractivity (Wildman–Crippen MR) is 107 cm³/mol. The molecule has 0 aliphatic heterocycles. The van der Waals surface area contributed by atoms with Gasteiger partial charge in [-0.1, -0.05) is 36.4 Å². The fourth-order valence-electron chi connectivity index (χ4n) is 2.96. The first-order valence-electron chi connectivity index (χ1n) is 8.44. The fraction of sp³-hybridized carbons (Fsp3) is 0. The van der Waals surface area contributed by atoms with Crippen LogP contribution in [0, 0.1) is 0 Å². The number of benzene rings is 3. The van der Waals surface area contributed by atoms with Crippen molar-refractivity contribution in [1.82, 2.24) is 9.55 Å². The van der Waals surface area contributed by atoms with Crippen molar-refractivity contribution in [2.24, 2.45) is 4.99 Å². The lowest BCUT2D eigenvalue weighted by Gasteiger charge is -2.12. The predicted octanol–water partition coefficient (Wildman–Crippen LogP) is 2.84. The van der Waals surface area contributed by atoms with Crippen molar-refractivity contribution < 1.29 is 10.2 Å². The third kappa shape index (κ3) is 3.05. The molecule has 0 amide bonds. The van der Waals surface area contributed by atoms with E-state index in [4.69, 9.17) is 0 Å². The molecule has 0 unspecified atom stereocenters. The van der Waals surface area contributed by atoms with Crippen molar-refractivity contribution in [3.63, 3.8) is 0 Å². The number of aromatic nitrogens is 2. The maximum atomic E-state index is 12.4. The normalized spacial score (nSPS) is 11.3. The van der Waals surface area contributed by atoms with Crippen molar-refractivity contribution in [2.45, 2.75) is 0 Å². The zero-order valence-corrected chi connectivity index (χ0v) is 14.5. The van der Waals surface area contributed by atoms with Gasteiger partial charge in [-0.25, -0.2) is 9.36 Å². The Labute approximate surface area is 158 Å². The number of hydrogen-bond acceptors (Lipinski definition) is 5. The molecule has 0 radical (unpaired) electrons. The van der Waals surface area contributed by atoms with E-state index in [1.807, 2.05) is 30.3 Å². The van der Waals surface area contributed by atoms with Gasteiger partial charge in [0.15, 0.2) is 0 Å². The second kappa shape index (κ2) is 6.88. The topological polar surface area (TPSA) is 108 Å². The van der Waals surface area contributed by atoms with Crippen LogP contribution in [-0.2, 0) is 0 Å². The molecular weight excluding hydrogens is 358 g/mol. The second-order valence-electron chi connectivity index (χ2n) is 6.10. The van der Waals surface area contributed by atoms with Crippen LogP contribution in [0.3, 0.4) is 0 Å². The SMILES string of the molecule is O=c1[nH]c(=O)n(-c2cccc3ccccc23)c(O)c1C=Nc1ccc(O)cc1. The van der Waals surface area contributed by atoms with Crippen LogP contribution in [0.5, 0.6) is 11.6 Å². The molecule has 0 spiro atoms.